The number of esters is 4. The minimum absolute atomic E-state index is 0.106. The molecule has 0 bridgehead atoms. The van der Waals surface area contributed by atoms with Crippen LogP contribution in [0.15, 0.2) is 0 Å². The molecule has 0 aromatic rings. The van der Waals surface area contributed by atoms with Gasteiger partial charge in [0.1, 0.15) is 19.3 Å². The van der Waals surface area contributed by atoms with Crippen LogP contribution in [0.3, 0.4) is 0 Å². The zero-order valence-corrected chi connectivity index (χ0v) is 69.3. The van der Waals surface area contributed by atoms with E-state index >= 15 is 0 Å². The van der Waals surface area contributed by atoms with Gasteiger partial charge >= 0.3 is 39.5 Å². The maximum atomic E-state index is 13.1. The predicted octanol–water partition coefficient (Wildman–Crippen LogP) is 25.6. The lowest BCUT2D eigenvalue weighted by Crippen LogP contribution is -2.30. The first-order valence-corrected chi connectivity index (χ1v) is 46.7. The number of carbonyl (C=O) groups is 4. The van der Waals surface area contributed by atoms with Crippen LogP contribution < -0.4 is 0 Å². The molecule has 103 heavy (non-hydrogen) atoms. The lowest BCUT2D eigenvalue weighted by Gasteiger charge is -2.21. The van der Waals surface area contributed by atoms with Gasteiger partial charge in [0, 0.05) is 25.7 Å². The number of carbonyl (C=O) groups excluding carboxylic acids is 4. The molecule has 0 aromatic carbocycles. The van der Waals surface area contributed by atoms with Gasteiger partial charge in [0.2, 0.25) is 0 Å². The molecule has 0 rings (SSSR count). The van der Waals surface area contributed by atoms with Crippen LogP contribution in [0.25, 0.3) is 0 Å². The molecule has 0 saturated heterocycles. The Morgan fingerprint density at radius 2 is 0.466 bits per heavy atom. The topological polar surface area (TPSA) is 237 Å². The Hall–Kier alpha value is -1.94. The number of phosphoric acid groups is 2. The van der Waals surface area contributed by atoms with Gasteiger partial charge in [0.05, 0.1) is 26.4 Å². The van der Waals surface area contributed by atoms with E-state index in [-0.39, 0.29) is 25.7 Å². The SMILES string of the molecule is CCCCCCCCCCCCCCCCCCCCCCC(=O)O[C@H](COC(=O)CCCCCCCCCCCCCCCCCCCCC)COP(=O)(O)OC[C@@H](O)COP(=O)(O)OC[C@@H](COC(=O)CCCCCCCCCCCCCC)OC(=O)CCCCCCCCCCC(C)CC. The summed E-state index contributed by atoms with van der Waals surface area (Å²) in [4.78, 5) is 73.1. The highest BCUT2D eigenvalue weighted by molar-refractivity contribution is 7.47. The summed E-state index contributed by atoms with van der Waals surface area (Å²) in [5.74, 6) is -1.33. The van der Waals surface area contributed by atoms with Crippen LogP contribution in [0.4, 0.5) is 0 Å². The molecule has 0 heterocycles. The zero-order chi connectivity index (χ0) is 75.5. The summed E-state index contributed by atoms with van der Waals surface area (Å²) in [6, 6.07) is 0. The van der Waals surface area contributed by atoms with Crippen molar-refractivity contribution < 1.29 is 80.2 Å². The monoisotopic (exact) mass is 1510 g/mol. The Kier molecular flexibility index (Phi) is 75.4. The van der Waals surface area contributed by atoms with Crippen molar-refractivity contribution in [3.05, 3.63) is 0 Å². The quantitative estimate of drug-likeness (QED) is 0.0222. The third-order valence-electron chi connectivity index (χ3n) is 20.1. The summed E-state index contributed by atoms with van der Waals surface area (Å²) >= 11 is 0. The maximum Gasteiger partial charge on any atom is 0.472 e. The largest absolute Gasteiger partial charge is 0.472 e. The molecule has 612 valence electrons. The Bertz CT molecular complexity index is 1960. The van der Waals surface area contributed by atoms with E-state index < -0.39 is 97.5 Å². The van der Waals surface area contributed by atoms with Crippen LogP contribution in [-0.4, -0.2) is 96.7 Å². The molecule has 0 amide bonds. The number of ether oxygens (including phenoxy) is 4. The smallest absolute Gasteiger partial charge is 0.462 e. The summed E-state index contributed by atoms with van der Waals surface area (Å²) in [6.07, 6.45) is 69.4. The molecule has 0 radical (unpaired) electrons. The van der Waals surface area contributed by atoms with Crippen LogP contribution in [0, 0.1) is 5.92 Å². The van der Waals surface area contributed by atoms with Crippen LogP contribution >= 0.6 is 15.6 Å². The Balaban J connectivity index is 5.23. The van der Waals surface area contributed by atoms with Gasteiger partial charge in [-0.2, -0.15) is 0 Å². The third kappa shape index (κ3) is 76.6. The molecule has 6 atom stereocenters. The molecule has 0 aliphatic heterocycles. The second-order valence-electron chi connectivity index (χ2n) is 30.5. The van der Waals surface area contributed by atoms with Crippen molar-refractivity contribution in [1.29, 1.82) is 0 Å². The summed E-state index contributed by atoms with van der Waals surface area (Å²) < 4.78 is 68.8. The summed E-state index contributed by atoms with van der Waals surface area (Å²) in [7, 11) is -9.92. The van der Waals surface area contributed by atoms with Gasteiger partial charge in [0.25, 0.3) is 0 Å². The van der Waals surface area contributed by atoms with E-state index in [0.717, 1.165) is 95.8 Å². The molecular weight excluding hydrogens is 1340 g/mol. The van der Waals surface area contributed by atoms with Crippen molar-refractivity contribution >= 4 is 39.5 Å². The van der Waals surface area contributed by atoms with Gasteiger partial charge in [-0.05, 0) is 31.6 Å². The average Bonchev–Trinajstić information content (AvgIpc) is 0.917. The van der Waals surface area contributed by atoms with Gasteiger partial charge in [-0.25, -0.2) is 9.13 Å². The highest BCUT2D eigenvalue weighted by Crippen LogP contribution is 2.45. The number of unbranched alkanes of at least 4 members (excludes halogenated alkanes) is 55. The normalized spacial score (nSPS) is 14.1. The van der Waals surface area contributed by atoms with E-state index in [0.29, 0.717) is 25.7 Å². The summed E-state index contributed by atoms with van der Waals surface area (Å²) in [5, 5.41) is 10.7. The standard InChI is InChI=1S/C84H164O17P2/c1-6-10-13-16-19-22-25-28-30-32-34-36-38-40-42-45-48-54-59-64-69-83(88)100-79(73-94-82(87)68-63-58-53-47-44-41-39-37-35-33-31-29-26-23-20-17-14-11-7-2)75-98-102(90,91)96-71-78(85)72-97-103(92,93)99-76-80(101-84(89)70-65-60-55-50-49-51-56-61-66-77(5)9-4)74-95-81(86)67-62-57-52-46-43-27-24-21-18-15-12-8-3/h77-80,85H,6-76H2,1-5H3,(H,90,91)(H,92,93)/t77?,78-,79-,80-/m1/s1. The Labute approximate surface area is 632 Å². The Morgan fingerprint density at radius 1 is 0.272 bits per heavy atom. The van der Waals surface area contributed by atoms with E-state index in [4.69, 9.17) is 37.0 Å². The molecule has 0 saturated carbocycles. The van der Waals surface area contributed by atoms with Crippen LogP contribution in [0.1, 0.15) is 452 Å². The molecule has 0 aliphatic rings. The number of rotatable bonds is 84. The molecule has 3 unspecified atom stereocenters. The fraction of sp³-hybridized carbons (Fsp3) is 0.952. The van der Waals surface area contributed by atoms with Gasteiger partial charge in [0.15, 0.2) is 12.2 Å². The third-order valence-corrected chi connectivity index (χ3v) is 22.0. The molecule has 17 nitrogen and oxygen atoms in total. The van der Waals surface area contributed by atoms with Crippen molar-refractivity contribution in [1.82, 2.24) is 0 Å². The fourth-order valence-electron chi connectivity index (χ4n) is 13.1. The van der Waals surface area contributed by atoms with Crippen LogP contribution in [0.5, 0.6) is 0 Å². The predicted molar refractivity (Wildman–Crippen MR) is 423 cm³/mol. The summed E-state index contributed by atoms with van der Waals surface area (Å²) in [5.41, 5.74) is 0. The van der Waals surface area contributed by atoms with E-state index in [2.05, 4.69) is 34.6 Å². The van der Waals surface area contributed by atoms with Crippen LogP contribution in [0.2, 0.25) is 0 Å². The average molecular weight is 1510 g/mol. The van der Waals surface area contributed by atoms with Gasteiger partial charge in [-0.1, -0.05) is 401 Å². The van der Waals surface area contributed by atoms with Gasteiger partial charge in [-0.15, -0.1) is 0 Å². The maximum absolute atomic E-state index is 13.1. The summed E-state index contributed by atoms with van der Waals surface area (Å²) in [6.45, 7) is 7.34. The van der Waals surface area contributed by atoms with Crippen molar-refractivity contribution in [2.75, 3.05) is 39.6 Å². The highest BCUT2D eigenvalue weighted by Gasteiger charge is 2.30. The molecule has 0 fully saturated rings. The molecule has 0 spiro atoms. The molecular formula is C84H164O17P2. The van der Waals surface area contributed by atoms with E-state index in [1.54, 1.807) is 0 Å². The zero-order valence-electron chi connectivity index (χ0n) is 67.5. The van der Waals surface area contributed by atoms with Crippen molar-refractivity contribution in [3.63, 3.8) is 0 Å². The number of aliphatic hydroxyl groups excluding tert-OH is 1. The number of aliphatic hydroxyl groups is 1. The first kappa shape index (κ1) is 101. The first-order chi connectivity index (χ1) is 50.1. The minimum Gasteiger partial charge on any atom is -0.462 e. The van der Waals surface area contributed by atoms with E-state index in [9.17, 15) is 43.2 Å². The van der Waals surface area contributed by atoms with Gasteiger partial charge < -0.3 is 33.8 Å². The number of hydrogen-bond acceptors (Lipinski definition) is 15. The molecule has 3 N–H and O–H groups in total. The molecule has 19 heteroatoms. The van der Waals surface area contributed by atoms with Crippen molar-refractivity contribution in [2.45, 2.75) is 470 Å². The van der Waals surface area contributed by atoms with Crippen molar-refractivity contribution in [2.24, 2.45) is 5.92 Å². The molecule has 0 aromatic heterocycles. The lowest BCUT2D eigenvalue weighted by molar-refractivity contribution is -0.161. The second-order valence-corrected chi connectivity index (χ2v) is 33.4. The number of phosphoric ester groups is 2. The lowest BCUT2D eigenvalue weighted by atomic mass is 9.99. The van der Waals surface area contributed by atoms with E-state index in [1.807, 2.05) is 0 Å². The minimum atomic E-state index is -4.96. The second kappa shape index (κ2) is 76.8. The van der Waals surface area contributed by atoms with Crippen LogP contribution in [-0.2, 0) is 65.4 Å². The highest BCUT2D eigenvalue weighted by atomic mass is 31.2. The fourth-order valence-corrected chi connectivity index (χ4v) is 14.7. The molecule has 0 aliphatic carbocycles. The van der Waals surface area contributed by atoms with Gasteiger partial charge in [-0.3, -0.25) is 37.3 Å². The number of hydrogen-bond donors (Lipinski definition) is 3. The van der Waals surface area contributed by atoms with E-state index in [1.165, 1.54) is 276 Å². The first-order valence-electron chi connectivity index (χ1n) is 43.7. The Morgan fingerprint density at radius 3 is 0.689 bits per heavy atom. The van der Waals surface area contributed by atoms with Crippen molar-refractivity contribution in [3.8, 4) is 0 Å².